The van der Waals surface area contributed by atoms with Gasteiger partial charge >= 0.3 is 0 Å². The number of nitrogens with zero attached hydrogens (tertiary/aromatic N) is 3. The van der Waals surface area contributed by atoms with Crippen LogP contribution in [0, 0.1) is 0 Å². The third-order valence-corrected chi connectivity index (χ3v) is 12.5. The number of fused-ring (bicyclic) bond motifs is 9. The van der Waals surface area contributed by atoms with Crippen LogP contribution in [0.4, 0.5) is 0 Å². The van der Waals surface area contributed by atoms with Crippen molar-refractivity contribution in [2.75, 3.05) is 0 Å². The lowest BCUT2D eigenvalue weighted by atomic mass is 9.81. The number of rotatable bonds is 5. The average molecular weight is 768 g/mol. The normalized spacial score (nSPS) is 13.0. The Kier molecular flexibility index (Phi) is 7.54. The van der Waals surface area contributed by atoms with E-state index in [1.165, 1.54) is 54.9 Å². The van der Waals surface area contributed by atoms with Crippen LogP contribution in [-0.2, 0) is 5.41 Å². The molecule has 12 rings (SSSR count). The number of aromatic nitrogens is 3. The van der Waals surface area contributed by atoms with Gasteiger partial charge in [0.15, 0.2) is 17.5 Å². The molecule has 4 heteroatoms. The van der Waals surface area contributed by atoms with Gasteiger partial charge in [-0.2, -0.15) is 0 Å². The van der Waals surface area contributed by atoms with Gasteiger partial charge in [0.05, 0.1) is 0 Å². The van der Waals surface area contributed by atoms with Gasteiger partial charge in [0, 0.05) is 32.9 Å². The van der Waals surface area contributed by atoms with Crippen molar-refractivity contribution in [1.29, 1.82) is 0 Å². The fraction of sp³-hybridized carbons (Fsp3) is 0.0536. The molecule has 1 aliphatic rings. The fourth-order valence-electron chi connectivity index (χ4n) is 9.45. The van der Waals surface area contributed by atoms with Gasteiger partial charge in [0.1, 0.15) is 11.2 Å². The molecule has 2 heterocycles. The highest BCUT2D eigenvalue weighted by Crippen LogP contribution is 2.49. The van der Waals surface area contributed by atoms with Crippen LogP contribution < -0.4 is 0 Å². The molecule has 0 aliphatic heterocycles. The van der Waals surface area contributed by atoms with E-state index < -0.39 is 0 Å². The molecule has 9 aromatic carbocycles. The molecule has 2 aromatic heterocycles. The molecule has 0 bridgehead atoms. The SMILES string of the molecule is CC1(C)c2ccccc2-c2ccc(-c3ccc(-c4nc(-c5cccc(-c6cccc7ccc8ccccc8c67)c5)nc(-c5ccc6oc7ccccc7c6c5)n4)cc3)cc21. The zero-order valence-corrected chi connectivity index (χ0v) is 33.1. The summed E-state index contributed by atoms with van der Waals surface area (Å²) in [5, 5.41) is 7.00. The highest BCUT2D eigenvalue weighted by Gasteiger charge is 2.35. The third kappa shape index (κ3) is 5.41. The molecule has 0 spiro atoms. The summed E-state index contributed by atoms with van der Waals surface area (Å²) in [5.41, 5.74) is 14.4. The van der Waals surface area contributed by atoms with Crippen molar-refractivity contribution in [1.82, 2.24) is 15.0 Å². The van der Waals surface area contributed by atoms with Crippen molar-refractivity contribution < 1.29 is 4.42 Å². The lowest BCUT2D eigenvalue weighted by Crippen LogP contribution is -2.14. The van der Waals surface area contributed by atoms with E-state index >= 15 is 0 Å². The number of benzene rings is 9. The Labute approximate surface area is 347 Å². The summed E-state index contributed by atoms with van der Waals surface area (Å²) in [4.78, 5) is 15.6. The number of hydrogen-bond donors (Lipinski definition) is 0. The largest absolute Gasteiger partial charge is 0.456 e. The Morgan fingerprint density at radius 1 is 0.350 bits per heavy atom. The molecular formula is C56H37N3O. The number of furan rings is 1. The minimum atomic E-state index is -0.0655. The Morgan fingerprint density at radius 3 is 1.80 bits per heavy atom. The summed E-state index contributed by atoms with van der Waals surface area (Å²) in [6.45, 7) is 4.65. The van der Waals surface area contributed by atoms with Gasteiger partial charge < -0.3 is 4.42 Å². The van der Waals surface area contributed by atoms with E-state index in [4.69, 9.17) is 19.4 Å². The molecule has 60 heavy (non-hydrogen) atoms. The van der Waals surface area contributed by atoms with Gasteiger partial charge in [0.25, 0.3) is 0 Å². The molecule has 0 radical (unpaired) electrons. The summed E-state index contributed by atoms with van der Waals surface area (Å²) < 4.78 is 6.19. The molecular weight excluding hydrogens is 731 g/mol. The zero-order chi connectivity index (χ0) is 40.0. The molecule has 0 N–H and O–H groups in total. The zero-order valence-electron chi connectivity index (χ0n) is 33.1. The van der Waals surface area contributed by atoms with Crippen LogP contribution >= 0.6 is 0 Å². The van der Waals surface area contributed by atoms with Gasteiger partial charge in [0.2, 0.25) is 0 Å². The van der Waals surface area contributed by atoms with Gasteiger partial charge in [-0.15, -0.1) is 0 Å². The summed E-state index contributed by atoms with van der Waals surface area (Å²) in [7, 11) is 0. The second kappa shape index (κ2) is 13.2. The quantitative estimate of drug-likeness (QED) is 0.164. The van der Waals surface area contributed by atoms with Gasteiger partial charge in [-0.3, -0.25) is 0 Å². The minimum Gasteiger partial charge on any atom is -0.456 e. The maximum atomic E-state index is 6.19. The molecule has 0 atom stereocenters. The predicted molar refractivity (Wildman–Crippen MR) is 247 cm³/mol. The molecule has 0 saturated carbocycles. The van der Waals surface area contributed by atoms with Gasteiger partial charge in [-0.05, 0) is 102 Å². The van der Waals surface area contributed by atoms with E-state index in [0.717, 1.165) is 49.8 Å². The molecule has 0 amide bonds. The lowest BCUT2D eigenvalue weighted by molar-refractivity contribution is 0.660. The Bertz CT molecular complexity index is 3520. The first kappa shape index (κ1) is 34.4. The van der Waals surface area contributed by atoms with Crippen molar-refractivity contribution in [3.63, 3.8) is 0 Å². The predicted octanol–water partition coefficient (Wildman–Crippen LogP) is 14.7. The van der Waals surface area contributed by atoms with E-state index in [2.05, 4.69) is 172 Å². The first-order chi connectivity index (χ1) is 29.5. The summed E-state index contributed by atoms with van der Waals surface area (Å²) >= 11 is 0. The Balaban J connectivity index is 0.985. The summed E-state index contributed by atoms with van der Waals surface area (Å²) in [5.74, 6) is 1.84. The molecule has 1 aliphatic carbocycles. The second-order valence-electron chi connectivity index (χ2n) is 16.4. The molecule has 4 nitrogen and oxygen atoms in total. The topological polar surface area (TPSA) is 51.8 Å². The van der Waals surface area contributed by atoms with Crippen molar-refractivity contribution in [2.45, 2.75) is 19.3 Å². The number of hydrogen-bond acceptors (Lipinski definition) is 4. The van der Waals surface area contributed by atoms with Gasteiger partial charge in [-0.25, -0.2) is 15.0 Å². The first-order valence-electron chi connectivity index (χ1n) is 20.5. The molecule has 0 saturated heterocycles. The van der Waals surface area contributed by atoms with Crippen LogP contribution in [0.5, 0.6) is 0 Å². The third-order valence-electron chi connectivity index (χ3n) is 12.5. The van der Waals surface area contributed by atoms with Crippen LogP contribution in [0.3, 0.4) is 0 Å². The highest BCUT2D eigenvalue weighted by atomic mass is 16.3. The van der Waals surface area contributed by atoms with Crippen LogP contribution in [0.15, 0.2) is 192 Å². The average Bonchev–Trinajstić information content (AvgIpc) is 3.79. The summed E-state index contributed by atoms with van der Waals surface area (Å²) in [6.07, 6.45) is 0. The van der Waals surface area contributed by atoms with Crippen molar-refractivity contribution in [3.05, 3.63) is 199 Å². The Hall–Kier alpha value is -7.69. The lowest BCUT2D eigenvalue weighted by Gasteiger charge is -2.22. The van der Waals surface area contributed by atoms with E-state index in [9.17, 15) is 0 Å². The van der Waals surface area contributed by atoms with Crippen molar-refractivity contribution in [3.8, 4) is 67.5 Å². The molecule has 11 aromatic rings. The first-order valence-corrected chi connectivity index (χ1v) is 20.5. The van der Waals surface area contributed by atoms with Crippen molar-refractivity contribution in [2.24, 2.45) is 0 Å². The van der Waals surface area contributed by atoms with Crippen LogP contribution in [0.1, 0.15) is 25.0 Å². The monoisotopic (exact) mass is 767 g/mol. The Morgan fingerprint density at radius 2 is 0.933 bits per heavy atom. The van der Waals surface area contributed by atoms with Crippen LogP contribution in [-0.4, -0.2) is 15.0 Å². The van der Waals surface area contributed by atoms with E-state index in [-0.39, 0.29) is 5.41 Å². The maximum Gasteiger partial charge on any atom is 0.164 e. The molecule has 0 unspecified atom stereocenters. The van der Waals surface area contributed by atoms with Crippen LogP contribution in [0.25, 0.3) is 111 Å². The second-order valence-corrected chi connectivity index (χ2v) is 16.4. The van der Waals surface area contributed by atoms with E-state index in [0.29, 0.717) is 17.5 Å². The maximum absolute atomic E-state index is 6.19. The van der Waals surface area contributed by atoms with Crippen molar-refractivity contribution >= 4 is 43.5 Å². The van der Waals surface area contributed by atoms with E-state index in [1.54, 1.807) is 0 Å². The number of para-hydroxylation sites is 1. The molecule has 282 valence electrons. The minimum absolute atomic E-state index is 0.0655. The fourth-order valence-corrected chi connectivity index (χ4v) is 9.45. The highest BCUT2D eigenvalue weighted by molar-refractivity contribution is 6.14. The standard InChI is InChI=1S/C56H37N3O/c1-56(2)48-19-7-5-16-44(48)45-29-27-38(33-49(45)56)34-21-25-37(26-22-34)53-57-54(59-55(58-53)41-28-30-51-47(32-41)46-17-6-8-20-50(46)60-51)40-14-9-13-39(31-40)43-18-10-12-36-24-23-35-11-3-4-15-42(35)52(36)43/h3-33H,1-2H3. The summed E-state index contributed by atoms with van der Waals surface area (Å²) in [6, 6.07) is 66.8. The van der Waals surface area contributed by atoms with Crippen LogP contribution in [0.2, 0.25) is 0 Å². The molecule has 0 fully saturated rings. The van der Waals surface area contributed by atoms with Gasteiger partial charge in [-0.1, -0.05) is 166 Å². The van der Waals surface area contributed by atoms with E-state index in [1.807, 2.05) is 30.3 Å². The smallest absolute Gasteiger partial charge is 0.164 e.